The molecule has 2 aromatic rings. The van der Waals surface area contributed by atoms with Crippen molar-refractivity contribution in [1.82, 2.24) is 0 Å². The first-order valence-corrected chi connectivity index (χ1v) is 10.0. The van der Waals surface area contributed by atoms with Crippen LogP contribution in [0.1, 0.15) is 39.5 Å². The Morgan fingerprint density at radius 3 is 1.85 bits per heavy atom. The van der Waals surface area contributed by atoms with Gasteiger partial charge in [0, 0.05) is 17.1 Å². The molecule has 0 unspecified atom stereocenters. The van der Waals surface area contributed by atoms with E-state index < -0.39 is 0 Å². The average molecular weight is 368 g/mol. The summed E-state index contributed by atoms with van der Waals surface area (Å²) in [6.45, 7) is 6.20. The zero-order valence-corrected chi connectivity index (χ0v) is 16.5. The molecule has 0 bridgehead atoms. The minimum atomic E-state index is 0.918. The van der Waals surface area contributed by atoms with Crippen molar-refractivity contribution in [1.29, 1.82) is 0 Å². The minimum absolute atomic E-state index is 0.918. The highest BCUT2D eigenvalue weighted by atomic mass is 35.5. The Morgan fingerprint density at radius 1 is 0.846 bits per heavy atom. The fourth-order valence-electron chi connectivity index (χ4n) is 3.67. The third-order valence-electron chi connectivity index (χ3n) is 5.03. The molecule has 0 heterocycles. The van der Waals surface area contributed by atoms with Gasteiger partial charge in [-0.15, -0.1) is 0 Å². The van der Waals surface area contributed by atoms with Crippen molar-refractivity contribution < 1.29 is 4.58 Å². The molecule has 3 rings (SSSR count). The van der Waals surface area contributed by atoms with Crippen LogP contribution in [0.3, 0.4) is 0 Å². The highest BCUT2D eigenvalue weighted by molar-refractivity contribution is 6.68. The number of benzene rings is 2. The summed E-state index contributed by atoms with van der Waals surface area (Å²) in [6, 6.07) is 21.3. The molecule has 1 aliphatic carbocycles. The number of allylic oxidation sites excluding steroid dienone is 2. The molecule has 2 aromatic carbocycles. The van der Waals surface area contributed by atoms with Crippen molar-refractivity contribution in [2.75, 3.05) is 18.0 Å². The number of hydrogen-bond acceptors (Lipinski definition) is 1. The van der Waals surface area contributed by atoms with E-state index in [1.54, 1.807) is 0 Å². The van der Waals surface area contributed by atoms with Gasteiger partial charge in [0.15, 0.2) is 0 Å². The maximum absolute atomic E-state index is 6.90. The molecule has 0 N–H and O–H groups in total. The van der Waals surface area contributed by atoms with Crippen molar-refractivity contribution in [3.8, 4) is 0 Å². The second-order valence-corrected chi connectivity index (χ2v) is 6.96. The van der Waals surface area contributed by atoms with Gasteiger partial charge in [0.05, 0.1) is 5.57 Å². The summed E-state index contributed by atoms with van der Waals surface area (Å²) in [4.78, 5) is 2.39. The zero-order chi connectivity index (χ0) is 18.4. The molecular formula is C23H28ClN2+. The maximum atomic E-state index is 6.90. The highest BCUT2D eigenvalue weighted by Gasteiger charge is 2.27. The normalized spacial score (nSPS) is 14.3. The van der Waals surface area contributed by atoms with Gasteiger partial charge in [-0.25, -0.2) is 4.58 Å². The molecule has 0 atom stereocenters. The van der Waals surface area contributed by atoms with Gasteiger partial charge in [-0.1, -0.05) is 36.4 Å². The van der Waals surface area contributed by atoms with Gasteiger partial charge in [-0.3, -0.25) is 0 Å². The number of para-hydroxylation sites is 2. The van der Waals surface area contributed by atoms with Crippen molar-refractivity contribution in [2.24, 2.45) is 0 Å². The highest BCUT2D eigenvalue weighted by Crippen LogP contribution is 2.37. The molecule has 2 nitrogen and oxygen atoms in total. The van der Waals surface area contributed by atoms with Crippen molar-refractivity contribution in [2.45, 2.75) is 39.5 Å². The smallest absolute Gasteiger partial charge is 0.274 e. The van der Waals surface area contributed by atoms with Crippen LogP contribution in [0.15, 0.2) is 71.9 Å². The molecule has 0 saturated carbocycles. The van der Waals surface area contributed by atoms with Crippen LogP contribution in [0.5, 0.6) is 0 Å². The molecule has 26 heavy (non-hydrogen) atoms. The number of halogens is 1. The lowest BCUT2D eigenvalue weighted by atomic mass is 9.94. The molecular weight excluding hydrogens is 340 g/mol. The zero-order valence-electron chi connectivity index (χ0n) is 15.8. The van der Waals surface area contributed by atoms with E-state index in [0.29, 0.717) is 0 Å². The summed E-state index contributed by atoms with van der Waals surface area (Å²) in [5.74, 6) is 0. The van der Waals surface area contributed by atoms with E-state index >= 15 is 0 Å². The van der Waals surface area contributed by atoms with E-state index in [4.69, 9.17) is 11.6 Å². The van der Waals surface area contributed by atoms with E-state index in [1.807, 2.05) is 0 Å². The lowest BCUT2D eigenvalue weighted by Crippen LogP contribution is -2.26. The van der Waals surface area contributed by atoms with Gasteiger partial charge < -0.3 is 4.90 Å². The summed E-state index contributed by atoms with van der Waals surface area (Å²) >= 11 is 6.90. The topological polar surface area (TPSA) is 6.25 Å². The van der Waals surface area contributed by atoms with Crippen LogP contribution >= 0.6 is 11.6 Å². The quantitative estimate of drug-likeness (QED) is 0.426. The van der Waals surface area contributed by atoms with Gasteiger partial charge in [-0.05, 0) is 75.4 Å². The Morgan fingerprint density at radius 2 is 1.35 bits per heavy atom. The average Bonchev–Trinajstić information content (AvgIpc) is 2.71. The third-order valence-corrected chi connectivity index (χ3v) is 5.49. The molecule has 1 aliphatic rings. The Kier molecular flexibility index (Phi) is 6.51. The molecule has 0 amide bonds. The Hall–Kier alpha value is -2.06. The molecule has 136 valence electrons. The largest absolute Gasteiger partial charge is 0.314 e. The SMILES string of the molecule is CC[N+](CC)=C(Cl)C1=C(N(c2ccccc2)c2ccccc2)CCCC1. The molecule has 0 saturated heterocycles. The number of hydrogen-bond donors (Lipinski definition) is 0. The standard InChI is InChI=1S/C23H28ClN2/c1-3-25(4-2)23(24)21-17-11-12-18-22(21)26(19-13-7-5-8-14-19)20-15-9-6-10-16-20/h5-10,13-16H,3-4,11-12,17-18H2,1-2H3/q+1. The first-order valence-electron chi connectivity index (χ1n) is 9.66. The van der Waals surface area contributed by atoms with Crippen LogP contribution in [0.25, 0.3) is 0 Å². The van der Waals surface area contributed by atoms with Gasteiger partial charge in [-0.2, -0.15) is 0 Å². The third kappa shape index (κ3) is 4.02. The number of rotatable bonds is 6. The van der Waals surface area contributed by atoms with Crippen LogP contribution in [0.4, 0.5) is 11.4 Å². The second-order valence-electron chi connectivity index (χ2n) is 6.60. The van der Waals surface area contributed by atoms with Gasteiger partial charge >= 0.3 is 0 Å². The number of anilines is 2. The maximum Gasteiger partial charge on any atom is 0.274 e. The summed E-state index contributed by atoms with van der Waals surface area (Å²) in [5, 5.41) is 0.918. The molecule has 0 aromatic heterocycles. The van der Waals surface area contributed by atoms with Gasteiger partial charge in [0.25, 0.3) is 5.17 Å². The molecule has 0 aliphatic heterocycles. The van der Waals surface area contributed by atoms with Crippen LogP contribution in [-0.4, -0.2) is 22.8 Å². The van der Waals surface area contributed by atoms with Crippen LogP contribution in [0, 0.1) is 0 Å². The fraction of sp³-hybridized carbons (Fsp3) is 0.348. The lowest BCUT2D eigenvalue weighted by molar-refractivity contribution is -0.518. The summed E-state index contributed by atoms with van der Waals surface area (Å²) in [7, 11) is 0. The van der Waals surface area contributed by atoms with E-state index in [9.17, 15) is 0 Å². The van der Waals surface area contributed by atoms with Crippen molar-refractivity contribution in [3.63, 3.8) is 0 Å². The Labute approximate surface area is 162 Å². The second kappa shape index (κ2) is 9.05. The van der Waals surface area contributed by atoms with E-state index in [0.717, 1.165) is 31.1 Å². The van der Waals surface area contributed by atoms with Crippen LogP contribution < -0.4 is 4.90 Å². The molecule has 3 heteroatoms. The van der Waals surface area contributed by atoms with Gasteiger partial charge in [0.2, 0.25) is 0 Å². The fourth-order valence-corrected chi connectivity index (χ4v) is 4.11. The molecule has 0 radical (unpaired) electrons. The van der Waals surface area contributed by atoms with E-state index in [2.05, 4.69) is 84.0 Å². The monoisotopic (exact) mass is 367 g/mol. The van der Waals surface area contributed by atoms with Crippen molar-refractivity contribution in [3.05, 3.63) is 71.9 Å². The van der Waals surface area contributed by atoms with Crippen molar-refractivity contribution >= 4 is 28.1 Å². The molecule has 0 spiro atoms. The van der Waals surface area contributed by atoms with E-state index in [-0.39, 0.29) is 0 Å². The Bertz CT molecular complexity index is 733. The summed E-state index contributed by atoms with van der Waals surface area (Å²) < 4.78 is 2.26. The first-order chi connectivity index (χ1) is 12.8. The minimum Gasteiger partial charge on any atom is -0.314 e. The predicted octanol–water partition coefficient (Wildman–Crippen LogP) is 6.34. The van der Waals surface area contributed by atoms with Crippen LogP contribution in [-0.2, 0) is 0 Å². The lowest BCUT2D eigenvalue weighted by Gasteiger charge is -2.32. The molecule has 0 fully saturated rings. The summed E-state index contributed by atoms with van der Waals surface area (Å²) in [6.07, 6.45) is 4.50. The summed E-state index contributed by atoms with van der Waals surface area (Å²) in [5.41, 5.74) is 5.02. The Balaban J connectivity index is 2.19. The van der Waals surface area contributed by atoms with Gasteiger partial charge in [0.1, 0.15) is 13.1 Å². The number of nitrogens with zero attached hydrogens (tertiary/aromatic N) is 2. The first kappa shape index (κ1) is 18.7. The van der Waals surface area contributed by atoms with E-state index in [1.165, 1.54) is 35.5 Å². The van der Waals surface area contributed by atoms with Crippen LogP contribution in [0.2, 0.25) is 0 Å². The predicted molar refractivity (Wildman–Crippen MR) is 113 cm³/mol.